The average molecular weight is 206 g/mol. The maximum absolute atomic E-state index is 10.6. The van der Waals surface area contributed by atoms with Crippen LogP contribution in [0.1, 0.15) is 38.2 Å². The van der Waals surface area contributed by atoms with E-state index in [1.54, 1.807) is 0 Å². The molecule has 1 N–H and O–H groups in total. The number of hydrogen-bond acceptors (Lipinski definition) is 1. The van der Waals surface area contributed by atoms with Gasteiger partial charge in [-0.2, -0.15) is 0 Å². The van der Waals surface area contributed by atoms with Crippen molar-refractivity contribution in [3.05, 3.63) is 35.9 Å². The molecule has 1 aromatic rings. The second kappa shape index (κ2) is 5.54. The molecule has 1 aromatic carbocycles. The van der Waals surface area contributed by atoms with Crippen molar-refractivity contribution in [1.29, 1.82) is 0 Å². The first-order chi connectivity index (χ1) is 7.11. The second-order valence-corrected chi connectivity index (χ2v) is 4.19. The number of rotatable bonds is 5. The summed E-state index contributed by atoms with van der Waals surface area (Å²) < 4.78 is 0. The molecule has 0 radical (unpaired) electrons. The smallest absolute Gasteiger partial charge is 0.303 e. The van der Waals surface area contributed by atoms with E-state index >= 15 is 0 Å². The first kappa shape index (κ1) is 11.8. The van der Waals surface area contributed by atoms with Gasteiger partial charge in [-0.3, -0.25) is 4.79 Å². The first-order valence-electron chi connectivity index (χ1n) is 5.38. The molecule has 2 nitrogen and oxygen atoms in total. The van der Waals surface area contributed by atoms with Crippen LogP contribution in [0.2, 0.25) is 0 Å². The molecule has 0 aliphatic heterocycles. The van der Waals surface area contributed by atoms with E-state index in [1.165, 1.54) is 5.56 Å². The quantitative estimate of drug-likeness (QED) is 0.802. The zero-order chi connectivity index (χ0) is 11.3. The highest BCUT2D eigenvalue weighted by molar-refractivity contribution is 5.66. The molecule has 0 saturated carbocycles. The molecule has 15 heavy (non-hydrogen) atoms. The molecule has 0 aliphatic carbocycles. The molecule has 0 fully saturated rings. The molecule has 0 saturated heterocycles. The van der Waals surface area contributed by atoms with Crippen molar-refractivity contribution >= 4 is 5.97 Å². The Balaban J connectivity index is 2.70. The van der Waals surface area contributed by atoms with Crippen molar-refractivity contribution in [2.75, 3.05) is 0 Å². The Kier molecular flexibility index (Phi) is 4.35. The molecule has 0 aliphatic rings. The van der Waals surface area contributed by atoms with Crippen LogP contribution in [0.5, 0.6) is 0 Å². The van der Waals surface area contributed by atoms with Gasteiger partial charge in [0.05, 0.1) is 0 Å². The van der Waals surface area contributed by atoms with Crippen LogP contribution in [-0.4, -0.2) is 11.1 Å². The third-order valence-corrected chi connectivity index (χ3v) is 2.70. The molecule has 1 unspecified atom stereocenters. The molecule has 0 bridgehead atoms. The van der Waals surface area contributed by atoms with E-state index in [1.807, 2.05) is 18.2 Å². The molecule has 1 rings (SSSR count). The Labute approximate surface area is 90.9 Å². The summed E-state index contributed by atoms with van der Waals surface area (Å²) in [7, 11) is 0. The minimum absolute atomic E-state index is 0.248. The van der Waals surface area contributed by atoms with E-state index in [0.717, 1.165) is 6.42 Å². The number of aliphatic carboxylic acids is 1. The van der Waals surface area contributed by atoms with Gasteiger partial charge in [-0.05, 0) is 23.8 Å². The fourth-order valence-electron chi connectivity index (χ4n) is 1.86. The molecule has 1 atom stereocenters. The van der Waals surface area contributed by atoms with Crippen molar-refractivity contribution in [1.82, 2.24) is 0 Å². The molecule has 2 heteroatoms. The number of carboxylic acids is 1. The van der Waals surface area contributed by atoms with Crippen LogP contribution >= 0.6 is 0 Å². The van der Waals surface area contributed by atoms with Gasteiger partial charge in [0.15, 0.2) is 0 Å². The van der Waals surface area contributed by atoms with Gasteiger partial charge in [-0.1, -0.05) is 44.2 Å². The molecule has 0 aromatic heterocycles. The van der Waals surface area contributed by atoms with Gasteiger partial charge in [-0.25, -0.2) is 0 Å². The van der Waals surface area contributed by atoms with Crippen molar-refractivity contribution in [2.24, 2.45) is 5.92 Å². The largest absolute Gasteiger partial charge is 0.481 e. The second-order valence-electron chi connectivity index (χ2n) is 4.19. The van der Waals surface area contributed by atoms with Crippen LogP contribution < -0.4 is 0 Å². The van der Waals surface area contributed by atoms with Crippen LogP contribution in [0.25, 0.3) is 0 Å². The fourth-order valence-corrected chi connectivity index (χ4v) is 1.86. The molecule has 0 amide bonds. The Morgan fingerprint density at radius 2 is 1.87 bits per heavy atom. The number of hydrogen-bond donors (Lipinski definition) is 1. The van der Waals surface area contributed by atoms with E-state index in [0.29, 0.717) is 11.8 Å². The third kappa shape index (κ3) is 3.74. The van der Waals surface area contributed by atoms with Gasteiger partial charge in [0.1, 0.15) is 0 Å². The summed E-state index contributed by atoms with van der Waals surface area (Å²) in [5.74, 6) is 0.116. The minimum Gasteiger partial charge on any atom is -0.481 e. The predicted molar refractivity (Wildman–Crippen MR) is 60.9 cm³/mol. The highest BCUT2D eigenvalue weighted by Gasteiger charge is 2.16. The van der Waals surface area contributed by atoms with E-state index in [2.05, 4.69) is 26.0 Å². The summed E-state index contributed by atoms with van der Waals surface area (Å²) in [5, 5.41) is 8.69. The van der Waals surface area contributed by atoms with Gasteiger partial charge in [0.2, 0.25) is 0 Å². The molecular weight excluding hydrogens is 188 g/mol. The Morgan fingerprint density at radius 3 is 2.33 bits per heavy atom. The van der Waals surface area contributed by atoms with Crippen molar-refractivity contribution in [2.45, 2.75) is 32.6 Å². The van der Waals surface area contributed by atoms with Crippen LogP contribution in [0.15, 0.2) is 30.3 Å². The summed E-state index contributed by atoms with van der Waals surface area (Å²) in [6.45, 7) is 4.28. The normalized spacial score (nSPS) is 12.7. The minimum atomic E-state index is -0.711. The number of carbonyl (C=O) groups is 1. The first-order valence-corrected chi connectivity index (χ1v) is 5.38. The van der Waals surface area contributed by atoms with Crippen molar-refractivity contribution in [3.63, 3.8) is 0 Å². The maximum Gasteiger partial charge on any atom is 0.303 e. The molecule has 82 valence electrons. The third-order valence-electron chi connectivity index (χ3n) is 2.70. The van der Waals surface area contributed by atoms with E-state index in [4.69, 9.17) is 5.11 Å². The maximum atomic E-state index is 10.6. The van der Waals surface area contributed by atoms with Crippen LogP contribution in [0.3, 0.4) is 0 Å². The van der Waals surface area contributed by atoms with Crippen molar-refractivity contribution < 1.29 is 9.90 Å². The lowest BCUT2D eigenvalue weighted by molar-refractivity contribution is -0.137. The van der Waals surface area contributed by atoms with Gasteiger partial charge in [0, 0.05) is 6.42 Å². The fraction of sp³-hybridized carbons (Fsp3) is 0.462. The SMILES string of the molecule is CC(C)C(CCC(=O)O)c1ccccc1. The Morgan fingerprint density at radius 1 is 1.27 bits per heavy atom. The lowest BCUT2D eigenvalue weighted by Gasteiger charge is -2.20. The van der Waals surface area contributed by atoms with Crippen LogP contribution in [0.4, 0.5) is 0 Å². The number of carboxylic acid groups (broad SMARTS) is 1. The zero-order valence-electron chi connectivity index (χ0n) is 9.31. The highest BCUT2D eigenvalue weighted by Crippen LogP contribution is 2.28. The lowest BCUT2D eigenvalue weighted by Crippen LogP contribution is -2.09. The molecular formula is C13H18O2. The van der Waals surface area contributed by atoms with E-state index in [9.17, 15) is 4.79 Å². The summed E-state index contributed by atoms with van der Waals surface area (Å²) in [6, 6.07) is 10.1. The Hall–Kier alpha value is -1.31. The lowest BCUT2D eigenvalue weighted by atomic mass is 9.85. The summed E-state index contributed by atoms with van der Waals surface area (Å²) >= 11 is 0. The topological polar surface area (TPSA) is 37.3 Å². The van der Waals surface area contributed by atoms with Gasteiger partial charge in [-0.15, -0.1) is 0 Å². The predicted octanol–water partition coefficient (Wildman–Crippen LogP) is 3.29. The van der Waals surface area contributed by atoms with Crippen LogP contribution in [0, 0.1) is 5.92 Å². The van der Waals surface area contributed by atoms with Gasteiger partial charge < -0.3 is 5.11 Å². The van der Waals surface area contributed by atoms with Crippen molar-refractivity contribution in [3.8, 4) is 0 Å². The monoisotopic (exact) mass is 206 g/mol. The molecule has 0 heterocycles. The zero-order valence-corrected chi connectivity index (χ0v) is 9.31. The summed E-state index contributed by atoms with van der Waals surface area (Å²) in [6.07, 6.45) is 0.967. The van der Waals surface area contributed by atoms with E-state index < -0.39 is 5.97 Å². The van der Waals surface area contributed by atoms with Gasteiger partial charge >= 0.3 is 5.97 Å². The summed E-state index contributed by atoms with van der Waals surface area (Å²) in [5.41, 5.74) is 1.24. The van der Waals surface area contributed by atoms with E-state index in [-0.39, 0.29) is 6.42 Å². The van der Waals surface area contributed by atoms with Crippen LogP contribution in [-0.2, 0) is 4.79 Å². The Bertz CT molecular complexity index is 304. The highest BCUT2D eigenvalue weighted by atomic mass is 16.4. The molecule has 0 spiro atoms. The number of benzene rings is 1. The summed E-state index contributed by atoms with van der Waals surface area (Å²) in [4.78, 5) is 10.6. The van der Waals surface area contributed by atoms with Gasteiger partial charge in [0.25, 0.3) is 0 Å². The average Bonchev–Trinajstić information content (AvgIpc) is 2.18. The standard InChI is InChI=1S/C13H18O2/c1-10(2)12(8-9-13(14)15)11-6-4-3-5-7-11/h3-7,10,12H,8-9H2,1-2H3,(H,14,15).